The van der Waals surface area contributed by atoms with E-state index < -0.39 is 0 Å². The highest BCUT2D eigenvalue weighted by Crippen LogP contribution is 2.17. The molecule has 1 amide bonds. The second-order valence-electron chi connectivity index (χ2n) is 5.28. The minimum atomic E-state index is 0.0655. The van der Waals surface area contributed by atoms with Crippen LogP contribution in [0.15, 0.2) is 24.3 Å². The van der Waals surface area contributed by atoms with Gasteiger partial charge in [0.1, 0.15) is 11.5 Å². The first kappa shape index (κ1) is 18.3. The van der Waals surface area contributed by atoms with Gasteiger partial charge in [-0.2, -0.15) is 0 Å². The molecule has 0 heterocycles. The van der Waals surface area contributed by atoms with E-state index in [0.717, 1.165) is 44.5 Å². The van der Waals surface area contributed by atoms with Crippen LogP contribution in [-0.4, -0.2) is 37.1 Å². The summed E-state index contributed by atoms with van der Waals surface area (Å²) in [7, 11) is 0. The Morgan fingerprint density at radius 1 is 0.909 bits per heavy atom. The summed E-state index contributed by atoms with van der Waals surface area (Å²) in [6.45, 7) is 8.61. The summed E-state index contributed by atoms with van der Waals surface area (Å²) in [6, 6.07) is 7.38. The lowest BCUT2D eigenvalue weighted by atomic mass is 10.2. The van der Waals surface area contributed by atoms with Crippen LogP contribution >= 0.6 is 0 Å². The van der Waals surface area contributed by atoms with Gasteiger partial charge in [-0.3, -0.25) is 4.79 Å². The summed E-state index contributed by atoms with van der Waals surface area (Å²) in [5.74, 6) is 1.58. The zero-order valence-corrected chi connectivity index (χ0v) is 14.1. The minimum absolute atomic E-state index is 0.0655. The van der Waals surface area contributed by atoms with E-state index in [4.69, 9.17) is 9.47 Å². The predicted molar refractivity (Wildman–Crippen MR) is 89.5 cm³/mol. The van der Waals surface area contributed by atoms with Crippen molar-refractivity contribution in [3.05, 3.63) is 24.3 Å². The Balaban J connectivity index is 2.46. The van der Waals surface area contributed by atoms with Crippen LogP contribution < -0.4 is 9.47 Å². The maximum Gasteiger partial charge on any atom is 0.260 e. The molecule has 0 spiro atoms. The summed E-state index contributed by atoms with van der Waals surface area (Å²) in [4.78, 5) is 14.2. The first-order valence-electron chi connectivity index (χ1n) is 8.34. The second-order valence-corrected chi connectivity index (χ2v) is 5.28. The quantitative estimate of drug-likeness (QED) is 0.622. The van der Waals surface area contributed by atoms with Gasteiger partial charge in [0.05, 0.1) is 6.61 Å². The maximum absolute atomic E-state index is 12.3. The molecular weight excluding hydrogens is 278 g/mol. The first-order valence-corrected chi connectivity index (χ1v) is 8.34. The molecule has 0 aliphatic rings. The zero-order chi connectivity index (χ0) is 16.2. The zero-order valence-electron chi connectivity index (χ0n) is 14.1. The van der Waals surface area contributed by atoms with E-state index in [2.05, 4.69) is 13.8 Å². The summed E-state index contributed by atoms with van der Waals surface area (Å²) >= 11 is 0. The van der Waals surface area contributed by atoms with Gasteiger partial charge >= 0.3 is 0 Å². The Labute approximate surface area is 134 Å². The second kappa shape index (κ2) is 10.9. The van der Waals surface area contributed by atoms with Gasteiger partial charge in [-0.05, 0) is 44.0 Å². The Kier molecular flexibility index (Phi) is 9.12. The molecule has 1 aromatic rings. The molecule has 0 atom stereocenters. The number of carbonyl (C=O) groups is 1. The lowest BCUT2D eigenvalue weighted by Crippen LogP contribution is -2.36. The van der Waals surface area contributed by atoms with Gasteiger partial charge in [-0.1, -0.05) is 26.7 Å². The van der Waals surface area contributed by atoms with Crippen molar-refractivity contribution in [3.8, 4) is 11.5 Å². The summed E-state index contributed by atoms with van der Waals surface area (Å²) < 4.78 is 11.0. The standard InChI is InChI=1S/C18H29NO3/c1-4-7-13-19(14-8-5-2)18(20)15-22-17-11-9-16(10-12-17)21-6-3/h9-12H,4-8,13-15H2,1-3H3. The van der Waals surface area contributed by atoms with Crippen molar-refractivity contribution >= 4 is 5.91 Å². The molecule has 0 radical (unpaired) electrons. The Morgan fingerprint density at radius 3 is 1.86 bits per heavy atom. The maximum atomic E-state index is 12.3. The normalized spacial score (nSPS) is 10.3. The third kappa shape index (κ3) is 6.83. The van der Waals surface area contributed by atoms with Crippen molar-refractivity contribution in [2.24, 2.45) is 0 Å². The Bertz CT molecular complexity index is 409. The highest BCUT2D eigenvalue weighted by atomic mass is 16.5. The van der Waals surface area contributed by atoms with Crippen molar-refractivity contribution in [2.75, 3.05) is 26.3 Å². The van der Waals surface area contributed by atoms with Gasteiger partial charge < -0.3 is 14.4 Å². The van der Waals surface area contributed by atoms with Gasteiger partial charge in [0.2, 0.25) is 0 Å². The van der Waals surface area contributed by atoms with E-state index in [9.17, 15) is 4.79 Å². The third-order valence-corrected chi connectivity index (χ3v) is 3.41. The van der Waals surface area contributed by atoms with E-state index in [1.165, 1.54) is 0 Å². The number of ether oxygens (including phenoxy) is 2. The number of amides is 1. The van der Waals surface area contributed by atoms with Gasteiger partial charge in [-0.15, -0.1) is 0 Å². The summed E-state index contributed by atoms with van der Waals surface area (Å²) in [5, 5.41) is 0. The van der Waals surface area contributed by atoms with Gasteiger partial charge in [0, 0.05) is 13.1 Å². The van der Waals surface area contributed by atoms with Crippen LogP contribution in [0, 0.1) is 0 Å². The highest BCUT2D eigenvalue weighted by molar-refractivity contribution is 5.77. The van der Waals surface area contributed by atoms with Crippen molar-refractivity contribution < 1.29 is 14.3 Å². The van der Waals surface area contributed by atoms with Gasteiger partial charge in [0.15, 0.2) is 6.61 Å². The topological polar surface area (TPSA) is 38.8 Å². The largest absolute Gasteiger partial charge is 0.494 e. The molecule has 0 aliphatic carbocycles. The fourth-order valence-corrected chi connectivity index (χ4v) is 2.09. The molecule has 0 unspecified atom stereocenters. The Hall–Kier alpha value is -1.71. The van der Waals surface area contributed by atoms with E-state index in [1.54, 1.807) is 0 Å². The number of hydrogen-bond acceptors (Lipinski definition) is 3. The van der Waals surface area contributed by atoms with Crippen LogP contribution in [0.2, 0.25) is 0 Å². The minimum Gasteiger partial charge on any atom is -0.494 e. The number of hydrogen-bond donors (Lipinski definition) is 0. The number of benzene rings is 1. The lowest BCUT2D eigenvalue weighted by Gasteiger charge is -2.22. The highest BCUT2D eigenvalue weighted by Gasteiger charge is 2.13. The molecule has 0 fully saturated rings. The average Bonchev–Trinajstić information content (AvgIpc) is 2.54. The summed E-state index contributed by atoms with van der Waals surface area (Å²) in [5.41, 5.74) is 0. The number of carbonyl (C=O) groups excluding carboxylic acids is 1. The van der Waals surface area contributed by atoms with Crippen molar-refractivity contribution in [1.82, 2.24) is 4.90 Å². The van der Waals surface area contributed by atoms with Gasteiger partial charge in [-0.25, -0.2) is 0 Å². The lowest BCUT2D eigenvalue weighted by molar-refractivity contribution is -0.133. The number of rotatable bonds is 11. The third-order valence-electron chi connectivity index (χ3n) is 3.41. The fraction of sp³-hybridized carbons (Fsp3) is 0.611. The summed E-state index contributed by atoms with van der Waals surface area (Å²) in [6.07, 6.45) is 4.27. The van der Waals surface area contributed by atoms with Crippen LogP contribution in [0.1, 0.15) is 46.5 Å². The molecule has 124 valence electrons. The van der Waals surface area contributed by atoms with E-state index in [-0.39, 0.29) is 12.5 Å². The number of unbranched alkanes of at least 4 members (excludes halogenated alkanes) is 2. The Morgan fingerprint density at radius 2 is 1.41 bits per heavy atom. The molecule has 1 aromatic carbocycles. The van der Waals surface area contributed by atoms with Crippen LogP contribution in [0.3, 0.4) is 0 Å². The number of nitrogens with zero attached hydrogens (tertiary/aromatic N) is 1. The molecule has 22 heavy (non-hydrogen) atoms. The smallest absolute Gasteiger partial charge is 0.260 e. The molecule has 0 N–H and O–H groups in total. The van der Waals surface area contributed by atoms with Crippen LogP contribution in [-0.2, 0) is 4.79 Å². The predicted octanol–water partition coefficient (Wildman–Crippen LogP) is 3.89. The molecule has 0 aromatic heterocycles. The van der Waals surface area contributed by atoms with Crippen LogP contribution in [0.4, 0.5) is 0 Å². The molecule has 0 saturated heterocycles. The monoisotopic (exact) mass is 307 g/mol. The van der Waals surface area contributed by atoms with Crippen molar-refractivity contribution in [1.29, 1.82) is 0 Å². The molecule has 4 heteroatoms. The molecule has 0 saturated carbocycles. The first-order chi connectivity index (χ1) is 10.7. The fourth-order valence-electron chi connectivity index (χ4n) is 2.09. The SMILES string of the molecule is CCCCN(CCCC)C(=O)COc1ccc(OCC)cc1. The van der Waals surface area contributed by atoms with E-state index in [1.807, 2.05) is 36.1 Å². The van der Waals surface area contributed by atoms with Crippen LogP contribution in [0.5, 0.6) is 11.5 Å². The molecule has 4 nitrogen and oxygen atoms in total. The molecular formula is C18H29NO3. The molecule has 1 rings (SSSR count). The van der Waals surface area contributed by atoms with Crippen LogP contribution in [0.25, 0.3) is 0 Å². The van der Waals surface area contributed by atoms with Crippen molar-refractivity contribution in [3.63, 3.8) is 0 Å². The van der Waals surface area contributed by atoms with Crippen molar-refractivity contribution in [2.45, 2.75) is 46.5 Å². The van der Waals surface area contributed by atoms with Gasteiger partial charge in [0.25, 0.3) is 5.91 Å². The van der Waals surface area contributed by atoms with E-state index >= 15 is 0 Å². The molecule has 0 bridgehead atoms. The van der Waals surface area contributed by atoms with E-state index in [0.29, 0.717) is 12.4 Å². The molecule has 0 aliphatic heterocycles. The average molecular weight is 307 g/mol.